The molecular weight excluding hydrogens is 364 g/mol. The Morgan fingerprint density at radius 2 is 2.04 bits per heavy atom. The zero-order valence-electron chi connectivity index (χ0n) is 14.8. The topological polar surface area (TPSA) is 83.5 Å². The van der Waals surface area contributed by atoms with Crippen LogP contribution < -0.4 is 0 Å². The number of fused-ring (bicyclic) bond motifs is 1. The summed E-state index contributed by atoms with van der Waals surface area (Å²) in [5.41, 5.74) is 1.97. The van der Waals surface area contributed by atoms with Gasteiger partial charge in [-0.25, -0.2) is 0 Å². The third kappa shape index (κ3) is 3.80. The second-order valence-corrected chi connectivity index (χ2v) is 7.74. The van der Waals surface area contributed by atoms with Gasteiger partial charge in [0.05, 0.1) is 11.3 Å². The highest BCUT2D eigenvalue weighted by Gasteiger charge is 2.31. The van der Waals surface area contributed by atoms with Crippen molar-refractivity contribution in [1.29, 1.82) is 0 Å². The van der Waals surface area contributed by atoms with Gasteiger partial charge in [-0.1, -0.05) is 11.8 Å². The van der Waals surface area contributed by atoms with Crippen LogP contribution in [-0.4, -0.2) is 62.2 Å². The Kier molecular flexibility index (Phi) is 5.07. The molecular formula is C19H20N4O3S. The molecule has 2 aliphatic rings. The van der Waals surface area contributed by atoms with E-state index in [1.807, 2.05) is 29.3 Å². The largest absolute Gasteiger partial charge is 0.343 e. The molecule has 8 heteroatoms. The summed E-state index contributed by atoms with van der Waals surface area (Å²) in [6, 6.07) is 5.93. The van der Waals surface area contributed by atoms with Gasteiger partial charge in [-0.2, -0.15) is 0 Å². The Balaban J connectivity index is 1.32. The van der Waals surface area contributed by atoms with Gasteiger partial charge in [-0.3, -0.25) is 29.3 Å². The standard InChI is InChI=1S/C19H20N4O3S/c24-17(5-9-23-18(25)12-27-19(23)26)22-7-3-13(4-8-22)15-10-16-14(11-21-15)2-1-6-20-16/h1-2,6,10-11,13H,3-5,7-9,12H2. The predicted octanol–water partition coefficient (Wildman–Crippen LogP) is 2.42. The van der Waals surface area contributed by atoms with E-state index in [1.165, 1.54) is 4.90 Å². The van der Waals surface area contributed by atoms with Gasteiger partial charge in [-0.15, -0.1) is 0 Å². The van der Waals surface area contributed by atoms with Crippen LogP contribution in [0.3, 0.4) is 0 Å². The van der Waals surface area contributed by atoms with Gasteiger partial charge in [0.1, 0.15) is 0 Å². The fourth-order valence-electron chi connectivity index (χ4n) is 3.59. The van der Waals surface area contributed by atoms with Crippen molar-refractivity contribution in [3.05, 3.63) is 36.3 Å². The van der Waals surface area contributed by atoms with E-state index < -0.39 is 0 Å². The number of hydrogen-bond donors (Lipinski definition) is 0. The quantitative estimate of drug-likeness (QED) is 0.805. The summed E-state index contributed by atoms with van der Waals surface area (Å²) in [5, 5.41) is 0.778. The van der Waals surface area contributed by atoms with Gasteiger partial charge >= 0.3 is 0 Å². The SMILES string of the molecule is O=C(CCN1C(=O)CSC1=O)N1CCC(c2cc3ncccc3cn2)CC1. The number of carbonyl (C=O) groups excluding carboxylic acids is 3. The van der Waals surface area contributed by atoms with Crippen LogP contribution in [0.4, 0.5) is 4.79 Å². The summed E-state index contributed by atoms with van der Waals surface area (Å²) in [6.45, 7) is 1.52. The van der Waals surface area contributed by atoms with Gasteiger partial charge in [0.2, 0.25) is 11.8 Å². The molecule has 2 saturated heterocycles. The molecule has 3 amide bonds. The maximum Gasteiger partial charge on any atom is 0.288 e. The maximum atomic E-state index is 12.4. The highest BCUT2D eigenvalue weighted by atomic mass is 32.2. The van der Waals surface area contributed by atoms with E-state index in [0.717, 1.165) is 41.2 Å². The number of likely N-dealkylation sites (tertiary alicyclic amines) is 1. The Labute approximate surface area is 161 Å². The third-order valence-electron chi connectivity index (χ3n) is 5.16. The maximum absolute atomic E-state index is 12.4. The fraction of sp³-hybridized carbons (Fsp3) is 0.421. The molecule has 2 aliphatic heterocycles. The molecule has 0 spiro atoms. The lowest BCUT2D eigenvalue weighted by atomic mass is 9.92. The van der Waals surface area contributed by atoms with Gasteiger partial charge in [0.15, 0.2) is 0 Å². The molecule has 140 valence electrons. The monoisotopic (exact) mass is 384 g/mol. The number of carbonyl (C=O) groups is 3. The molecule has 0 atom stereocenters. The van der Waals surface area contributed by atoms with E-state index in [2.05, 4.69) is 9.97 Å². The molecule has 0 radical (unpaired) electrons. The van der Waals surface area contributed by atoms with E-state index >= 15 is 0 Å². The van der Waals surface area contributed by atoms with Crippen LogP contribution in [0.2, 0.25) is 0 Å². The number of piperidine rings is 1. The van der Waals surface area contributed by atoms with Crippen molar-refractivity contribution in [3.63, 3.8) is 0 Å². The number of imide groups is 1. The van der Waals surface area contributed by atoms with E-state index in [1.54, 1.807) is 6.20 Å². The lowest BCUT2D eigenvalue weighted by Gasteiger charge is -2.32. The summed E-state index contributed by atoms with van der Waals surface area (Å²) < 4.78 is 0. The van der Waals surface area contributed by atoms with Crippen molar-refractivity contribution in [2.24, 2.45) is 0 Å². The predicted molar refractivity (Wildman–Crippen MR) is 102 cm³/mol. The van der Waals surface area contributed by atoms with Crippen LogP contribution in [0.1, 0.15) is 30.9 Å². The van der Waals surface area contributed by atoms with Crippen LogP contribution in [0, 0.1) is 0 Å². The molecule has 0 saturated carbocycles. The summed E-state index contributed by atoms with van der Waals surface area (Å²) in [6.07, 6.45) is 5.54. The zero-order chi connectivity index (χ0) is 18.8. The Morgan fingerprint density at radius 1 is 1.22 bits per heavy atom. The first-order valence-corrected chi connectivity index (χ1v) is 10.1. The molecule has 2 aromatic heterocycles. The molecule has 4 rings (SSSR count). The van der Waals surface area contributed by atoms with Crippen molar-refractivity contribution in [2.75, 3.05) is 25.4 Å². The van der Waals surface area contributed by atoms with Gasteiger partial charge in [-0.05, 0) is 31.0 Å². The normalized spacial score (nSPS) is 18.5. The number of amides is 3. The van der Waals surface area contributed by atoms with Crippen LogP contribution >= 0.6 is 11.8 Å². The first-order chi connectivity index (χ1) is 13.1. The smallest absolute Gasteiger partial charge is 0.288 e. The van der Waals surface area contributed by atoms with Crippen molar-refractivity contribution < 1.29 is 14.4 Å². The van der Waals surface area contributed by atoms with E-state index in [4.69, 9.17) is 0 Å². The van der Waals surface area contributed by atoms with E-state index in [-0.39, 0.29) is 35.8 Å². The number of hydrogen-bond acceptors (Lipinski definition) is 6. The van der Waals surface area contributed by atoms with Crippen LogP contribution in [-0.2, 0) is 9.59 Å². The molecule has 0 unspecified atom stereocenters. The summed E-state index contributed by atoms with van der Waals surface area (Å²) in [5.74, 6) is 0.302. The van der Waals surface area contributed by atoms with Gasteiger partial charge < -0.3 is 4.90 Å². The zero-order valence-corrected chi connectivity index (χ0v) is 15.7. The Morgan fingerprint density at radius 3 is 2.78 bits per heavy atom. The molecule has 0 bridgehead atoms. The highest BCUT2D eigenvalue weighted by molar-refractivity contribution is 8.14. The van der Waals surface area contributed by atoms with Crippen LogP contribution in [0.25, 0.3) is 10.9 Å². The average Bonchev–Trinajstić information content (AvgIpc) is 3.03. The summed E-state index contributed by atoms with van der Waals surface area (Å²) >= 11 is 1.000. The number of rotatable bonds is 4. The fourth-order valence-corrected chi connectivity index (χ4v) is 4.34. The minimum Gasteiger partial charge on any atom is -0.343 e. The molecule has 4 heterocycles. The highest BCUT2D eigenvalue weighted by Crippen LogP contribution is 2.28. The van der Waals surface area contributed by atoms with Crippen molar-refractivity contribution in [1.82, 2.24) is 19.8 Å². The second-order valence-electron chi connectivity index (χ2n) is 6.81. The number of pyridine rings is 2. The number of nitrogens with zero attached hydrogens (tertiary/aromatic N) is 4. The Hall–Kier alpha value is -2.48. The number of aromatic nitrogens is 2. The average molecular weight is 384 g/mol. The van der Waals surface area contributed by atoms with Crippen LogP contribution in [0.5, 0.6) is 0 Å². The minimum atomic E-state index is -0.248. The molecule has 0 aliphatic carbocycles. The van der Waals surface area contributed by atoms with Crippen molar-refractivity contribution in [3.8, 4) is 0 Å². The summed E-state index contributed by atoms with van der Waals surface area (Å²) in [7, 11) is 0. The van der Waals surface area contributed by atoms with Crippen molar-refractivity contribution in [2.45, 2.75) is 25.2 Å². The molecule has 2 aromatic rings. The van der Waals surface area contributed by atoms with Crippen LogP contribution in [0.15, 0.2) is 30.6 Å². The molecule has 2 fully saturated rings. The first-order valence-electron chi connectivity index (χ1n) is 9.07. The lowest BCUT2D eigenvalue weighted by Crippen LogP contribution is -2.40. The molecule has 7 nitrogen and oxygen atoms in total. The van der Waals surface area contributed by atoms with Gasteiger partial charge in [0.25, 0.3) is 5.24 Å². The summed E-state index contributed by atoms with van der Waals surface area (Å²) in [4.78, 5) is 47.6. The second kappa shape index (κ2) is 7.64. The minimum absolute atomic E-state index is 0.000845. The number of thioether (sulfide) groups is 1. The lowest BCUT2D eigenvalue weighted by molar-refractivity contribution is -0.133. The van der Waals surface area contributed by atoms with E-state index in [9.17, 15) is 14.4 Å². The molecule has 27 heavy (non-hydrogen) atoms. The third-order valence-corrected chi connectivity index (χ3v) is 6.02. The first kappa shape index (κ1) is 17.9. The van der Waals surface area contributed by atoms with Crippen molar-refractivity contribution >= 4 is 39.7 Å². The Bertz CT molecular complexity index is 879. The molecule has 0 aromatic carbocycles. The molecule has 0 N–H and O–H groups in total. The van der Waals surface area contributed by atoms with E-state index in [0.29, 0.717) is 19.0 Å². The van der Waals surface area contributed by atoms with Gasteiger partial charge in [0, 0.05) is 55.4 Å².